The van der Waals surface area contributed by atoms with Crippen molar-refractivity contribution < 1.29 is 14.0 Å². The molecule has 3 rings (SSSR count). The highest BCUT2D eigenvalue weighted by atomic mass is 16.4. The van der Waals surface area contributed by atoms with Crippen LogP contribution in [-0.2, 0) is 17.8 Å². The molecule has 2 amide bonds. The standard InChI is InChI=1S/C18H20N2O3/c19-16(21)15-8-7-14(23-15)12-20-17(22)18(9-4-10-18)11-13-5-2-1-3-6-13/h1-3,5-8H,4,9-12H2,(H2,19,21)(H,20,22). The molecule has 120 valence electrons. The van der Waals surface area contributed by atoms with Crippen LogP contribution < -0.4 is 11.1 Å². The monoisotopic (exact) mass is 312 g/mol. The molecule has 1 heterocycles. The molecule has 0 aliphatic heterocycles. The van der Waals surface area contributed by atoms with Gasteiger partial charge < -0.3 is 15.5 Å². The highest BCUT2D eigenvalue weighted by molar-refractivity contribution is 5.89. The van der Waals surface area contributed by atoms with Crippen molar-refractivity contribution in [3.8, 4) is 0 Å². The number of carbonyl (C=O) groups is 2. The van der Waals surface area contributed by atoms with Crippen molar-refractivity contribution in [2.24, 2.45) is 11.1 Å². The predicted octanol–water partition coefficient (Wildman–Crippen LogP) is 2.41. The Balaban J connectivity index is 1.62. The van der Waals surface area contributed by atoms with Crippen molar-refractivity contribution in [2.75, 3.05) is 0 Å². The number of rotatable bonds is 6. The molecule has 23 heavy (non-hydrogen) atoms. The van der Waals surface area contributed by atoms with Gasteiger partial charge in [0.2, 0.25) is 5.91 Å². The van der Waals surface area contributed by atoms with E-state index in [1.54, 1.807) is 6.07 Å². The third-order valence-electron chi connectivity index (χ3n) is 4.51. The fourth-order valence-corrected chi connectivity index (χ4v) is 3.03. The smallest absolute Gasteiger partial charge is 0.284 e. The van der Waals surface area contributed by atoms with Crippen LogP contribution in [0.5, 0.6) is 0 Å². The summed E-state index contributed by atoms with van der Waals surface area (Å²) in [5.74, 6) is 0.0740. The molecule has 0 radical (unpaired) electrons. The van der Waals surface area contributed by atoms with E-state index in [-0.39, 0.29) is 23.6 Å². The van der Waals surface area contributed by atoms with Crippen LogP contribution >= 0.6 is 0 Å². The number of furan rings is 1. The van der Waals surface area contributed by atoms with Crippen molar-refractivity contribution in [1.82, 2.24) is 5.32 Å². The van der Waals surface area contributed by atoms with E-state index in [1.165, 1.54) is 11.6 Å². The lowest BCUT2D eigenvalue weighted by Crippen LogP contribution is -2.46. The summed E-state index contributed by atoms with van der Waals surface area (Å²) in [5, 5.41) is 2.93. The third kappa shape index (κ3) is 3.28. The molecule has 0 spiro atoms. The highest BCUT2D eigenvalue weighted by Crippen LogP contribution is 2.44. The molecule has 0 bridgehead atoms. The molecule has 1 aromatic carbocycles. The molecule has 1 aliphatic carbocycles. The molecule has 0 unspecified atom stereocenters. The Morgan fingerprint density at radius 3 is 2.43 bits per heavy atom. The molecule has 5 nitrogen and oxygen atoms in total. The number of carbonyl (C=O) groups excluding carboxylic acids is 2. The Morgan fingerprint density at radius 1 is 1.13 bits per heavy atom. The van der Waals surface area contributed by atoms with Gasteiger partial charge in [0.1, 0.15) is 5.76 Å². The number of hydrogen-bond donors (Lipinski definition) is 2. The lowest BCUT2D eigenvalue weighted by molar-refractivity contribution is -0.136. The zero-order valence-electron chi connectivity index (χ0n) is 12.9. The van der Waals surface area contributed by atoms with Crippen LogP contribution in [0.15, 0.2) is 46.9 Å². The zero-order valence-corrected chi connectivity index (χ0v) is 12.9. The van der Waals surface area contributed by atoms with E-state index in [0.29, 0.717) is 5.76 Å². The highest BCUT2D eigenvalue weighted by Gasteiger charge is 2.43. The van der Waals surface area contributed by atoms with Gasteiger partial charge in [0.25, 0.3) is 5.91 Å². The van der Waals surface area contributed by atoms with Gasteiger partial charge >= 0.3 is 0 Å². The first-order valence-electron chi connectivity index (χ1n) is 7.80. The topological polar surface area (TPSA) is 85.3 Å². The molecule has 1 aromatic heterocycles. The lowest BCUT2D eigenvalue weighted by Gasteiger charge is -2.40. The van der Waals surface area contributed by atoms with Crippen LogP contribution in [0.1, 0.15) is 41.1 Å². The maximum atomic E-state index is 12.6. The van der Waals surface area contributed by atoms with Gasteiger partial charge in [0, 0.05) is 0 Å². The first-order valence-corrected chi connectivity index (χ1v) is 7.80. The van der Waals surface area contributed by atoms with Gasteiger partial charge in [-0.05, 0) is 37.0 Å². The molecule has 3 N–H and O–H groups in total. The first kappa shape index (κ1) is 15.3. The largest absolute Gasteiger partial charge is 0.454 e. The Kier molecular flexibility index (Phi) is 4.19. The van der Waals surface area contributed by atoms with Gasteiger partial charge in [0.15, 0.2) is 5.76 Å². The number of nitrogens with one attached hydrogen (secondary N) is 1. The molecule has 1 fully saturated rings. The normalized spacial score (nSPS) is 15.7. The fraction of sp³-hybridized carbons (Fsp3) is 0.333. The van der Waals surface area contributed by atoms with Gasteiger partial charge in [-0.15, -0.1) is 0 Å². The van der Waals surface area contributed by atoms with Gasteiger partial charge in [-0.25, -0.2) is 0 Å². The van der Waals surface area contributed by atoms with Crippen LogP contribution in [0, 0.1) is 5.41 Å². The van der Waals surface area contributed by atoms with E-state index in [1.807, 2.05) is 18.2 Å². The minimum absolute atomic E-state index is 0.0460. The second-order valence-corrected chi connectivity index (χ2v) is 6.11. The Labute approximate surface area is 134 Å². The Morgan fingerprint density at radius 2 is 1.87 bits per heavy atom. The van der Waals surface area contributed by atoms with Gasteiger partial charge in [0.05, 0.1) is 12.0 Å². The summed E-state index contributed by atoms with van der Waals surface area (Å²) < 4.78 is 5.29. The average Bonchev–Trinajstić information content (AvgIpc) is 2.99. The molecule has 1 saturated carbocycles. The predicted molar refractivity (Wildman–Crippen MR) is 85.5 cm³/mol. The van der Waals surface area contributed by atoms with E-state index in [4.69, 9.17) is 10.2 Å². The van der Waals surface area contributed by atoms with Crippen LogP contribution in [-0.4, -0.2) is 11.8 Å². The average molecular weight is 312 g/mol. The third-order valence-corrected chi connectivity index (χ3v) is 4.51. The van der Waals surface area contributed by atoms with E-state index < -0.39 is 5.91 Å². The summed E-state index contributed by atoms with van der Waals surface area (Å²) in [4.78, 5) is 23.6. The van der Waals surface area contributed by atoms with Gasteiger partial charge in [-0.3, -0.25) is 9.59 Å². The van der Waals surface area contributed by atoms with Gasteiger partial charge in [-0.2, -0.15) is 0 Å². The molecule has 0 atom stereocenters. The quantitative estimate of drug-likeness (QED) is 0.859. The van der Waals surface area contributed by atoms with Crippen LogP contribution in [0.2, 0.25) is 0 Å². The molecule has 2 aromatic rings. The van der Waals surface area contributed by atoms with Crippen molar-refractivity contribution in [3.05, 3.63) is 59.5 Å². The SMILES string of the molecule is NC(=O)c1ccc(CNC(=O)C2(Cc3ccccc3)CCC2)o1. The maximum absolute atomic E-state index is 12.6. The number of amides is 2. The van der Waals surface area contributed by atoms with E-state index in [9.17, 15) is 9.59 Å². The first-order chi connectivity index (χ1) is 11.1. The summed E-state index contributed by atoms with van der Waals surface area (Å²) in [7, 11) is 0. The summed E-state index contributed by atoms with van der Waals surface area (Å²) in [6, 6.07) is 13.3. The van der Waals surface area contributed by atoms with E-state index >= 15 is 0 Å². The van der Waals surface area contributed by atoms with Gasteiger partial charge in [-0.1, -0.05) is 36.8 Å². The van der Waals surface area contributed by atoms with E-state index in [2.05, 4.69) is 17.4 Å². The number of nitrogens with two attached hydrogens (primary N) is 1. The van der Waals surface area contributed by atoms with E-state index in [0.717, 1.165) is 25.7 Å². The minimum Gasteiger partial charge on any atom is -0.454 e. The Hall–Kier alpha value is -2.56. The fourth-order valence-electron chi connectivity index (χ4n) is 3.03. The summed E-state index contributed by atoms with van der Waals surface area (Å²) in [6.07, 6.45) is 3.63. The van der Waals surface area contributed by atoms with Crippen molar-refractivity contribution in [1.29, 1.82) is 0 Å². The zero-order chi connectivity index (χ0) is 16.3. The van der Waals surface area contributed by atoms with Crippen LogP contribution in [0.4, 0.5) is 0 Å². The maximum Gasteiger partial charge on any atom is 0.284 e. The summed E-state index contributed by atoms with van der Waals surface area (Å²) >= 11 is 0. The van der Waals surface area contributed by atoms with Crippen molar-refractivity contribution >= 4 is 11.8 Å². The molecule has 1 aliphatic rings. The molecular formula is C18H20N2O3. The number of hydrogen-bond acceptors (Lipinski definition) is 3. The number of primary amides is 1. The summed E-state index contributed by atoms with van der Waals surface area (Å²) in [6.45, 7) is 0.267. The molecular weight excluding hydrogens is 292 g/mol. The molecule has 5 heteroatoms. The van der Waals surface area contributed by atoms with Crippen LogP contribution in [0.3, 0.4) is 0 Å². The lowest BCUT2D eigenvalue weighted by atomic mass is 9.64. The minimum atomic E-state index is -0.609. The Bertz CT molecular complexity index is 702. The molecule has 0 saturated heterocycles. The van der Waals surface area contributed by atoms with Crippen molar-refractivity contribution in [3.63, 3.8) is 0 Å². The summed E-state index contributed by atoms with van der Waals surface area (Å²) in [5.41, 5.74) is 6.01. The number of benzene rings is 1. The second kappa shape index (κ2) is 6.28. The van der Waals surface area contributed by atoms with Crippen LogP contribution in [0.25, 0.3) is 0 Å². The van der Waals surface area contributed by atoms with Crippen molar-refractivity contribution in [2.45, 2.75) is 32.2 Å². The second-order valence-electron chi connectivity index (χ2n) is 6.11.